The summed E-state index contributed by atoms with van der Waals surface area (Å²) in [7, 11) is 0. The first-order valence-corrected chi connectivity index (χ1v) is 7.61. The second-order valence-corrected chi connectivity index (χ2v) is 6.85. The van der Waals surface area contributed by atoms with Gasteiger partial charge in [-0.2, -0.15) is 0 Å². The van der Waals surface area contributed by atoms with E-state index in [2.05, 4.69) is 17.1 Å². The van der Waals surface area contributed by atoms with Crippen molar-refractivity contribution in [3.63, 3.8) is 0 Å². The summed E-state index contributed by atoms with van der Waals surface area (Å²) < 4.78 is 0. The molecule has 0 radical (unpaired) electrons. The molecule has 2 saturated carbocycles. The standard InChI is InChI=1S/C14H12N2O2S/c17-12-10-6-1-2-7(9-5-8(6)9)11(10)13(18)16(12)14-15-3-4-19-14/h1-4,6-11H,5H2/t6-,7-,8-,9-,10-,11+/m1/s1. The Morgan fingerprint density at radius 2 is 1.74 bits per heavy atom. The van der Waals surface area contributed by atoms with E-state index in [-0.39, 0.29) is 23.7 Å². The number of aromatic nitrogens is 1. The Morgan fingerprint density at radius 1 is 1.11 bits per heavy atom. The van der Waals surface area contributed by atoms with Gasteiger partial charge in [0.25, 0.3) is 0 Å². The molecule has 6 atom stereocenters. The lowest BCUT2D eigenvalue weighted by molar-refractivity contribution is -0.124. The molecule has 4 aliphatic carbocycles. The first kappa shape index (κ1) is 10.3. The molecule has 96 valence electrons. The fourth-order valence-electron chi connectivity index (χ4n) is 4.47. The van der Waals surface area contributed by atoms with Gasteiger partial charge in [-0.05, 0) is 30.1 Å². The van der Waals surface area contributed by atoms with E-state index in [1.54, 1.807) is 6.20 Å². The van der Waals surface area contributed by atoms with Crippen LogP contribution in [0, 0.1) is 35.5 Å². The van der Waals surface area contributed by atoms with Gasteiger partial charge in [-0.15, -0.1) is 11.3 Å². The lowest BCUT2D eigenvalue weighted by atomic mass is 9.63. The Bertz CT molecular complexity index is 587. The van der Waals surface area contributed by atoms with E-state index in [1.165, 1.54) is 22.7 Å². The molecule has 2 bridgehead atoms. The van der Waals surface area contributed by atoms with E-state index in [0.29, 0.717) is 28.8 Å². The first-order chi connectivity index (χ1) is 9.27. The summed E-state index contributed by atoms with van der Waals surface area (Å²) in [6.45, 7) is 0. The minimum atomic E-state index is -0.116. The Labute approximate surface area is 114 Å². The van der Waals surface area contributed by atoms with E-state index in [9.17, 15) is 9.59 Å². The van der Waals surface area contributed by atoms with Gasteiger partial charge in [-0.1, -0.05) is 12.2 Å². The van der Waals surface area contributed by atoms with Crippen molar-refractivity contribution < 1.29 is 9.59 Å². The highest BCUT2D eigenvalue weighted by atomic mass is 32.1. The molecule has 1 aromatic rings. The Hall–Kier alpha value is -1.49. The van der Waals surface area contributed by atoms with Crippen molar-refractivity contribution in [3.8, 4) is 0 Å². The van der Waals surface area contributed by atoms with Gasteiger partial charge >= 0.3 is 0 Å². The van der Waals surface area contributed by atoms with Gasteiger partial charge < -0.3 is 0 Å². The Balaban J connectivity index is 1.62. The van der Waals surface area contributed by atoms with Crippen molar-refractivity contribution in [2.75, 3.05) is 4.90 Å². The van der Waals surface area contributed by atoms with Crippen LogP contribution < -0.4 is 4.90 Å². The quantitative estimate of drug-likeness (QED) is 0.577. The zero-order chi connectivity index (χ0) is 12.7. The van der Waals surface area contributed by atoms with Crippen molar-refractivity contribution in [1.82, 2.24) is 4.98 Å². The summed E-state index contributed by atoms with van der Waals surface area (Å²) in [4.78, 5) is 30.8. The van der Waals surface area contributed by atoms with Gasteiger partial charge in [0.15, 0.2) is 5.13 Å². The van der Waals surface area contributed by atoms with Crippen LogP contribution in [0.2, 0.25) is 0 Å². The van der Waals surface area contributed by atoms with Crippen LogP contribution in [0.25, 0.3) is 0 Å². The molecule has 0 spiro atoms. The molecule has 1 aromatic heterocycles. The molecule has 2 heterocycles. The SMILES string of the molecule is O=C1[C@@H]2[C@@H]3C=C[C@H]([C@H]4C[C@H]34)[C@@H]2C(=O)N1c1nccs1. The number of thiazole rings is 1. The van der Waals surface area contributed by atoms with E-state index in [4.69, 9.17) is 0 Å². The normalized spacial score (nSPS) is 45.6. The third-order valence-corrected chi connectivity index (χ3v) is 6.03. The maximum Gasteiger partial charge on any atom is 0.240 e. The number of rotatable bonds is 1. The predicted octanol–water partition coefficient (Wildman–Crippen LogP) is 1.70. The molecule has 3 fully saturated rings. The molecular formula is C14H12N2O2S. The summed E-state index contributed by atoms with van der Waals surface area (Å²) in [6, 6.07) is 0. The van der Waals surface area contributed by atoms with Gasteiger partial charge in [0.2, 0.25) is 11.8 Å². The molecule has 6 rings (SSSR count). The number of anilines is 1. The van der Waals surface area contributed by atoms with Gasteiger partial charge in [0, 0.05) is 11.6 Å². The van der Waals surface area contributed by atoms with Crippen LogP contribution in [0.15, 0.2) is 23.7 Å². The zero-order valence-electron chi connectivity index (χ0n) is 10.1. The second kappa shape index (κ2) is 3.15. The summed E-state index contributed by atoms with van der Waals surface area (Å²) in [5.41, 5.74) is 0. The van der Waals surface area contributed by atoms with Crippen LogP contribution in [-0.2, 0) is 9.59 Å². The fraction of sp³-hybridized carbons (Fsp3) is 0.500. The van der Waals surface area contributed by atoms with E-state index in [1.807, 2.05) is 5.38 Å². The summed E-state index contributed by atoms with van der Waals surface area (Å²) in [5.74, 6) is 1.63. The minimum Gasteiger partial charge on any atom is -0.274 e. The van der Waals surface area contributed by atoms with E-state index >= 15 is 0 Å². The highest BCUT2D eigenvalue weighted by Gasteiger charge is 2.67. The van der Waals surface area contributed by atoms with E-state index < -0.39 is 0 Å². The molecule has 5 aliphatic rings. The largest absolute Gasteiger partial charge is 0.274 e. The number of amides is 2. The van der Waals surface area contributed by atoms with Gasteiger partial charge in [-0.25, -0.2) is 9.88 Å². The molecule has 1 aliphatic heterocycles. The van der Waals surface area contributed by atoms with Crippen LogP contribution in [0.1, 0.15) is 6.42 Å². The van der Waals surface area contributed by atoms with Crippen molar-refractivity contribution >= 4 is 28.3 Å². The van der Waals surface area contributed by atoms with Crippen LogP contribution in [0.5, 0.6) is 0 Å². The van der Waals surface area contributed by atoms with Crippen molar-refractivity contribution in [1.29, 1.82) is 0 Å². The molecule has 0 N–H and O–H groups in total. The number of hydrogen-bond donors (Lipinski definition) is 0. The van der Waals surface area contributed by atoms with Crippen LogP contribution in [-0.4, -0.2) is 16.8 Å². The maximum atomic E-state index is 12.6. The minimum absolute atomic E-state index is 0.0188. The zero-order valence-corrected chi connectivity index (χ0v) is 10.9. The highest BCUT2D eigenvalue weighted by molar-refractivity contribution is 7.14. The molecule has 0 aromatic carbocycles. The van der Waals surface area contributed by atoms with Crippen LogP contribution >= 0.6 is 11.3 Å². The lowest BCUT2D eigenvalue weighted by Crippen LogP contribution is -2.40. The fourth-order valence-corrected chi connectivity index (χ4v) is 5.12. The summed E-state index contributed by atoms with van der Waals surface area (Å²) >= 11 is 1.36. The predicted molar refractivity (Wildman–Crippen MR) is 69.3 cm³/mol. The number of hydrogen-bond acceptors (Lipinski definition) is 4. The number of allylic oxidation sites excluding steroid dienone is 2. The number of imide groups is 1. The molecule has 19 heavy (non-hydrogen) atoms. The highest BCUT2D eigenvalue weighted by Crippen LogP contribution is 2.65. The van der Waals surface area contributed by atoms with Crippen molar-refractivity contribution in [2.24, 2.45) is 35.5 Å². The second-order valence-electron chi connectivity index (χ2n) is 5.98. The van der Waals surface area contributed by atoms with Crippen molar-refractivity contribution in [3.05, 3.63) is 23.7 Å². The number of carbonyl (C=O) groups is 2. The van der Waals surface area contributed by atoms with Gasteiger partial charge in [0.1, 0.15) is 0 Å². The molecule has 2 amide bonds. The number of carbonyl (C=O) groups excluding carboxylic acids is 2. The maximum absolute atomic E-state index is 12.6. The summed E-state index contributed by atoms with van der Waals surface area (Å²) in [6.07, 6.45) is 7.23. The number of nitrogens with zero attached hydrogens (tertiary/aromatic N) is 2. The lowest BCUT2D eigenvalue weighted by Gasteiger charge is -2.37. The molecule has 4 nitrogen and oxygen atoms in total. The first-order valence-electron chi connectivity index (χ1n) is 6.73. The van der Waals surface area contributed by atoms with Crippen molar-refractivity contribution in [2.45, 2.75) is 6.42 Å². The van der Waals surface area contributed by atoms with Gasteiger partial charge in [-0.3, -0.25) is 9.59 Å². The monoisotopic (exact) mass is 272 g/mol. The van der Waals surface area contributed by atoms with Crippen LogP contribution in [0.3, 0.4) is 0 Å². The Kier molecular flexibility index (Phi) is 1.71. The van der Waals surface area contributed by atoms with Crippen LogP contribution in [0.4, 0.5) is 5.13 Å². The van der Waals surface area contributed by atoms with Gasteiger partial charge in [0.05, 0.1) is 11.8 Å². The average Bonchev–Trinajstić information content (AvgIpc) is 3.01. The third kappa shape index (κ3) is 1.09. The molecule has 0 unspecified atom stereocenters. The molecular weight excluding hydrogens is 260 g/mol. The molecule has 5 heteroatoms. The Morgan fingerprint density at radius 3 is 2.26 bits per heavy atom. The summed E-state index contributed by atoms with van der Waals surface area (Å²) in [5, 5.41) is 2.35. The smallest absolute Gasteiger partial charge is 0.240 e. The molecule has 1 saturated heterocycles. The van der Waals surface area contributed by atoms with E-state index in [0.717, 1.165) is 0 Å². The third-order valence-electron chi connectivity index (χ3n) is 5.27. The average molecular weight is 272 g/mol. The topological polar surface area (TPSA) is 50.3 Å².